The molecular weight excluding hydrogens is 380 g/mol. The zero-order chi connectivity index (χ0) is 22.5. The van der Waals surface area contributed by atoms with Gasteiger partial charge in [0, 0.05) is 11.0 Å². The van der Waals surface area contributed by atoms with Gasteiger partial charge in [0.15, 0.2) is 11.0 Å². The number of rotatable bonds is 2. The molecule has 4 aromatic rings. The highest BCUT2D eigenvalue weighted by atomic mass is 15.2. The number of hydrogen-bond acceptors (Lipinski definition) is 2. The lowest BCUT2D eigenvalue weighted by atomic mass is 9.63. The van der Waals surface area contributed by atoms with Crippen LogP contribution in [0.15, 0.2) is 24.3 Å². The monoisotopic (exact) mass is 415 g/mol. The number of benzene rings is 1. The quantitative estimate of drug-likeness (QED) is 0.374. The Morgan fingerprint density at radius 1 is 1.00 bits per heavy atom. The standard InChI is InChI=1S/C27H35N4/c1-10-26(8)22-20-21(28-24(29-22)25(5,6)7)16(3)17(4)30-18-14-12-13-15-19(18)31(23(20)30)27(26,9)11-2/h12-15H,10-11H2,1-9H3/q+1. The minimum atomic E-state index is -0.104. The van der Waals surface area contributed by atoms with Gasteiger partial charge in [0.25, 0.3) is 5.65 Å². The van der Waals surface area contributed by atoms with Gasteiger partial charge in [-0.2, -0.15) is 4.40 Å². The number of imidazole rings is 1. The van der Waals surface area contributed by atoms with E-state index in [0.29, 0.717) is 0 Å². The fraction of sp³-hybridized carbons (Fsp3) is 0.519. The van der Waals surface area contributed by atoms with Gasteiger partial charge in [0.2, 0.25) is 0 Å². The maximum atomic E-state index is 5.36. The molecule has 2 unspecified atom stereocenters. The van der Waals surface area contributed by atoms with Crippen molar-refractivity contribution in [3.63, 3.8) is 0 Å². The first-order valence-electron chi connectivity index (χ1n) is 11.7. The second-order valence-electron chi connectivity index (χ2n) is 10.9. The van der Waals surface area contributed by atoms with Crippen LogP contribution in [0.1, 0.15) is 84.1 Å². The molecule has 4 heterocycles. The Balaban J connectivity index is 2.19. The number of aromatic nitrogens is 4. The Morgan fingerprint density at radius 2 is 1.68 bits per heavy atom. The molecule has 0 aliphatic carbocycles. The van der Waals surface area contributed by atoms with Crippen molar-refractivity contribution in [2.45, 2.75) is 91.5 Å². The minimum Gasteiger partial charge on any atom is -0.236 e. The summed E-state index contributed by atoms with van der Waals surface area (Å²) in [4.78, 5) is 10.6. The van der Waals surface area contributed by atoms with Crippen molar-refractivity contribution in [1.82, 2.24) is 14.4 Å². The lowest BCUT2D eigenvalue weighted by Gasteiger charge is -2.46. The van der Waals surface area contributed by atoms with Crippen LogP contribution in [0.2, 0.25) is 0 Å². The van der Waals surface area contributed by atoms with Crippen molar-refractivity contribution in [2.24, 2.45) is 0 Å². The van der Waals surface area contributed by atoms with Crippen LogP contribution in [0.5, 0.6) is 0 Å². The van der Waals surface area contributed by atoms with Crippen LogP contribution >= 0.6 is 0 Å². The smallest absolute Gasteiger partial charge is 0.236 e. The lowest BCUT2D eigenvalue weighted by Crippen LogP contribution is -2.66. The molecule has 1 aromatic carbocycles. The summed E-state index contributed by atoms with van der Waals surface area (Å²) in [5.41, 5.74) is 8.38. The van der Waals surface area contributed by atoms with Crippen LogP contribution < -0.4 is 4.57 Å². The van der Waals surface area contributed by atoms with E-state index in [4.69, 9.17) is 9.97 Å². The summed E-state index contributed by atoms with van der Waals surface area (Å²) in [5.74, 6) is 0.949. The average molecular weight is 416 g/mol. The summed E-state index contributed by atoms with van der Waals surface area (Å²) in [6.45, 7) is 20.6. The van der Waals surface area contributed by atoms with E-state index in [1.807, 2.05) is 0 Å². The van der Waals surface area contributed by atoms with E-state index in [1.165, 1.54) is 39.0 Å². The van der Waals surface area contributed by atoms with Crippen molar-refractivity contribution >= 4 is 27.6 Å². The van der Waals surface area contributed by atoms with Crippen molar-refractivity contribution in [2.75, 3.05) is 0 Å². The van der Waals surface area contributed by atoms with Gasteiger partial charge in [-0.3, -0.25) is 0 Å². The molecule has 3 aromatic heterocycles. The largest absolute Gasteiger partial charge is 0.299 e. The minimum absolute atomic E-state index is 0.0960. The maximum absolute atomic E-state index is 5.36. The lowest BCUT2D eigenvalue weighted by molar-refractivity contribution is -0.729. The first-order valence-corrected chi connectivity index (χ1v) is 11.7. The Morgan fingerprint density at radius 3 is 2.29 bits per heavy atom. The van der Waals surface area contributed by atoms with Crippen LogP contribution in [0.25, 0.3) is 27.6 Å². The van der Waals surface area contributed by atoms with Crippen molar-refractivity contribution < 1.29 is 4.57 Å². The molecule has 0 spiro atoms. The number of nitrogens with zero attached hydrogens (tertiary/aromatic N) is 4. The first kappa shape index (κ1) is 20.4. The number of para-hydroxylation sites is 2. The SMILES string of the molecule is CCC1(C)c2nc(C(C)(C)C)nc3c(C)c(C)n4c5ccccc5[n+](c4c23)C1(C)CC. The second-order valence-corrected chi connectivity index (χ2v) is 10.9. The second kappa shape index (κ2) is 6.05. The third-order valence-electron chi connectivity index (χ3n) is 8.42. The molecule has 0 bridgehead atoms. The van der Waals surface area contributed by atoms with Gasteiger partial charge in [-0.05, 0) is 52.7 Å². The van der Waals surface area contributed by atoms with E-state index in [9.17, 15) is 0 Å². The first-order chi connectivity index (χ1) is 14.5. The summed E-state index contributed by atoms with van der Waals surface area (Å²) >= 11 is 0. The molecule has 162 valence electrons. The number of fused-ring (bicyclic) bond motifs is 3. The summed E-state index contributed by atoms with van der Waals surface area (Å²) in [7, 11) is 0. The maximum Gasteiger partial charge on any atom is 0.299 e. The zero-order valence-corrected chi connectivity index (χ0v) is 20.5. The Bertz CT molecular complexity index is 1390. The van der Waals surface area contributed by atoms with Gasteiger partial charge >= 0.3 is 0 Å². The highest BCUT2D eigenvalue weighted by Gasteiger charge is 2.56. The third-order valence-corrected chi connectivity index (χ3v) is 8.42. The van der Waals surface area contributed by atoms with E-state index in [0.717, 1.165) is 24.2 Å². The molecular formula is C27H35N4+. The van der Waals surface area contributed by atoms with Crippen LogP contribution in [-0.2, 0) is 16.4 Å². The van der Waals surface area contributed by atoms with Crippen molar-refractivity contribution in [3.8, 4) is 0 Å². The van der Waals surface area contributed by atoms with Gasteiger partial charge in [0.05, 0.1) is 16.6 Å². The number of hydrogen-bond donors (Lipinski definition) is 0. The Hall–Kier alpha value is -2.49. The molecule has 0 saturated carbocycles. The highest BCUT2D eigenvalue weighted by molar-refractivity contribution is 5.99. The predicted molar refractivity (Wildman–Crippen MR) is 128 cm³/mol. The molecule has 1 aliphatic rings. The van der Waals surface area contributed by atoms with E-state index < -0.39 is 0 Å². The Labute approximate surface area is 185 Å². The number of pyridine rings is 1. The Kier molecular flexibility index (Phi) is 3.99. The van der Waals surface area contributed by atoms with Gasteiger partial charge in [-0.1, -0.05) is 46.8 Å². The molecule has 5 rings (SSSR count). The molecule has 4 heteroatoms. The van der Waals surface area contributed by atoms with Crippen LogP contribution in [0, 0.1) is 13.8 Å². The zero-order valence-electron chi connectivity index (χ0n) is 20.5. The molecule has 31 heavy (non-hydrogen) atoms. The van der Waals surface area contributed by atoms with Gasteiger partial charge in [0.1, 0.15) is 22.4 Å². The highest BCUT2D eigenvalue weighted by Crippen LogP contribution is 2.50. The van der Waals surface area contributed by atoms with E-state index >= 15 is 0 Å². The molecule has 1 aliphatic heterocycles. The van der Waals surface area contributed by atoms with E-state index in [1.54, 1.807) is 0 Å². The van der Waals surface area contributed by atoms with E-state index in [2.05, 4.69) is 95.5 Å². The summed E-state index contributed by atoms with van der Waals surface area (Å²) in [6.07, 6.45) is 2.06. The molecule has 0 saturated heterocycles. The van der Waals surface area contributed by atoms with Crippen LogP contribution in [0.4, 0.5) is 0 Å². The molecule has 0 amide bonds. The molecule has 0 N–H and O–H groups in total. The summed E-state index contributed by atoms with van der Waals surface area (Å²) in [6, 6.07) is 8.85. The van der Waals surface area contributed by atoms with Crippen LogP contribution in [-0.4, -0.2) is 14.4 Å². The summed E-state index contributed by atoms with van der Waals surface area (Å²) < 4.78 is 5.08. The van der Waals surface area contributed by atoms with Gasteiger partial charge in [-0.15, -0.1) is 0 Å². The topological polar surface area (TPSA) is 34.1 Å². The van der Waals surface area contributed by atoms with Crippen LogP contribution in [0.3, 0.4) is 0 Å². The van der Waals surface area contributed by atoms with E-state index in [-0.39, 0.29) is 16.4 Å². The van der Waals surface area contributed by atoms with Crippen molar-refractivity contribution in [1.29, 1.82) is 0 Å². The molecule has 0 radical (unpaired) electrons. The molecule has 2 atom stereocenters. The molecule has 0 fully saturated rings. The fourth-order valence-electron chi connectivity index (χ4n) is 5.85. The predicted octanol–water partition coefficient (Wildman–Crippen LogP) is 6.04. The average Bonchev–Trinajstić information content (AvgIpc) is 3.10. The van der Waals surface area contributed by atoms with Gasteiger partial charge in [-0.25, -0.2) is 14.5 Å². The normalized spacial score (nSPS) is 23.5. The number of aryl methyl sites for hydroxylation is 2. The fourth-order valence-corrected chi connectivity index (χ4v) is 5.85. The molecule has 4 nitrogen and oxygen atoms in total. The summed E-state index contributed by atoms with van der Waals surface area (Å²) in [5, 5.41) is 1.24. The third kappa shape index (κ3) is 2.23. The van der Waals surface area contributed by atoms with Crippen molar-refractivity contribution in [3.05, 3.63) is 47.0 Å². The van der Waals surface area contributed by atoms with Gasteiger partial charge < -0.3 is 0 Å².